The topological polar surface area (TPSA) is 54.7 Å². The molecular weight excluding hydrogens is 186 g/mol. The number of nitrogens with two attached hydrogens (primary N) is 1. The molecule has 0 aromatic carbocycles. The van der Waals surface area contributed by atoms with Crippen LogP contribution in [0.1, 0.15) is 68.6 Å². The number of aromatic nitrogens is 2. The van der Waals surface area contributed by atoms with Crippen molar-refractivity contribution in [3.05, 3.63) is 17.2 Å². The Bertz CT molecular complexity index is 322. The largest absolute Gasteiger partial charge is 0.344 e. The SMILES string of the molecule is CC(C)c1nc(CN)[nH]c1C1CCCC1. The van der Waals surface area contributed by atoms with Crippen LogP contribution in [0.25, 0.3) is 0 Å². The lowest BCUT2D eigenvalue weighted by atomic mass is 9.97. The van der Waals surface area contributed by atoms with E-state index in [1.165, 1.54) is 37.1 Å². The molecule has 1 fully saturated rings. The maximum Gasteiger partial charge on any atom is 0.120 e. The van der Waals surface area contributed by atoms with Gasteiger partial charge in [-0.3, -0.25) is 0 Å². The number of hydrogen-bond donors (Lipinski definition) is 2. The number of imidazole rings is 1. The van der Waals surface area contributed by atoms with Gasteiger partial charge < -0.3 is 10.7 Å². The monoisotopic (exact) mass is 207 g/mol. The van der Waals surface area contributed by atoms with E-state index in [2.05, 4.69) is 23.8 Å². The van der Waals surface area contributed by atoms with Gasteiger partial charge in [-0.2, -0.15) is 0 Å². The minimum Gasteiger partial charge on any atom is -0.344 e. The van der Waals surface area contributed by atoms with Crippen molar-refractivity contribution in [3.8, 4) is 0 Å². The molecule has 0 saturated heterocycles. The average Bonchev–Trinajstić information content (AvgIpc) is 2.86. The van der Waals surface area contributed by atoms with Crippen molar-refractivity contribution in [2.75, 3.05) is 0 Å². The second kappa shape index (κ2) is 4.35. The van der Waals surface area contributed by atoms with Crippen molar-refractivity contribution < 1.29 is 0 Å². The highest BCUT2D eigenvalue weighted by atomic mass is 15.0. The van der Waals surface area contributed by atoms with Crippen molar-refractivity contribution in [2.45, 2.75) is 57.9 Å². The minimum absolute atomic E-state index is 0.497. The summed E-state index contributed by atoms with van der Waals surface area (Å²) < 4.78 is 0. The molecule has 1 aliphatic rings. The molecule has 3 heteroatoms. The van der Waals surface area contributed by atoms with E-state index in [1.807, 2.05) is 0 Å². The number of hydrogen-bond acceptors (Lipinski definition) is 2. The van der Waals surface area contributed by atoms with Crippen molar-refractivity contribution in [1.29, 1.82) is 0 Å². The van der Waals surface area contributed by atoms with Crippen LogP contribution in [0.3, 0.4) is 0 Å². The Morgan fingerprint density at radius 1 is 1.40 bits per heavy atom. The first-order valence-electron chi connectivity index (χ1n) is 6.01. The van der Waals surface area contributed by atoms with Gasteiger partial charge in [0.2, 0.25) is 0 Å². The fraction of sp³-hybridized carbons (Fsp3) is 0.750. The van der Waals surface area contributed by atoms with Crippen LogP contribution < -0.4 is 5.73 Å². The Morgan fingerprint density at radius 2 is 2.07 bits per heavy atom. The van der Waals surface area contributed by atoms with Crippen molar-refractivity contribution >= 4 is 0 Å². The normalized spacial score (nSPS) is 17.9. The van der Waals surface area contributed by atoms with Crippen LogP contribution in [0.2, 0.25) is 0 Å². The standard InChI is InChI=1S/C12H21N3/c1-8(2)11-12(9-5-3-4-6-9)15-10(7-13)14-11/h8-9H,3-7,13H2,1-2H3,(H,14,15). The molecule has 1 aromatic rings. The molecule has 3 nitrogen and oxygen atoms in total. The molecule has 0 amide bonds. The van der Waals surface area contributed by atoms with Crippen LogP contribution in [0.4, 0.5) is 0 Å². The van der Waals surface area contributed by atoms with E-state index in [0.29, 0.717) is 18.4 Å². The third-order valence-corrected chi connectivity index (χ3v) is 3.31. The molecule has 0 radical (unpaired) electrons. The summed E-state index contributed by atoms with van der Waals surface area (Å²) in [6, 6.07) is 0. The van der Waals surface area contributed by atoms with Gasteiger partial charge in [-0.15, -0.1) is 0 Å². The fourth-order valence-electron chi connectivity index (χ4n) is 2.52. The predicted molar refractivity (Wildman–Crippen MR) is 61.8 cm³/mol. The third kappa shape index (κ3) is 2.07. The molecule has 0 spiro atoms. The van der Waals surface area contributed by atoms with Gasteiger partial charge >= 0.3 is 0 Å². The Kier molecular flexibility index (Phi) is 3.10. The first kappa shape index (κ1) is 10.7. The first-order valence-corrected chi connectivity index (χ1v) is 6.01. The van der Waals surface area contributed by atoms with Gasteiger partial charge in [0.15, 0.2) is 0 Å². The molecular formula is C12H21N3. The van der Waals surface area contributed by atoms with Gasteiger partial charge in [0.05, 0.1) is 12.2 Å². The highest BCUT2D eigenvalue weighted by Crippen LogP contribution is 2.36. The van der Waals surface area contributed by atoms with Gasteiger partial charge in [0.1, 0.15) is 5.82 Å². The van der Waals surface area contributed by atoms with Crippen LogP contribution in [-0.2, 0) is 6.54 Å². The molecule has 1 heterocycles. The fourth-order valence-corrected chi connectivity index (χ4v) is 2.52. The van der Waals surface area contributed by atoms with E-state index >= 15 is 0 Å². The van der Waals surface area contributed by atoms with Gasteiger partial charge in [0, 0.05) is 11.6 Å². The quantitative estimate of drug-likeness (QED) is 0.800. The van der Waals surface area contributed by atoms with E-state index < -0.39 is 0 Å². The van der Waals surface area contributed by atoms with E-state index in [1.54, 1.807) is 0 Å². The number of nitrogens with one attached hydrogen (secondary N) is 1. The lowest BCUT2D eigenvalue weighted by Gasteiger charge is -2.11. The Labute approximate surface area is 91.5 Å². The molecule has 0 unspecified atom stereocenters. The Morgan fingerprint density at radius 3 is 2.60 bits per heavy atom. The number of H-pyrrole nitrogens is 1. The summed E-state index contributed by atoms with van der Waals surface area (Å²) >= 11 is 0. The van der Waals surface area contributed by atoms with Crippen molar-refractivity contribution in [1.82, 2.24) is 9.97 Å². The number of rotatable bonds is 3. The molecule has 15 heavy (non-hydrogen) atoms. The van der Waals surface area contributed by atoms with Crippen molar-refractivity contribution in [2.24, 2.45) is 5.73 Å². The molecule has 84 valence electrons. The molecule has 1 saturated carbocycles. The summed E-state index contributed by atoms with van der Waals surface area (Å²) in [5.41, 5.74) is 8.24. The molecule has 1 aliphatic carbocycles. The van der Waals surface area contributed by atoms with Gasteiger partial charge in [0.25, 0.3) is 0 Å². The van der Waals surface area contributed by atoms with E-state index in [4.69, 9.17) is 5.73 Å². The molecule has 1 aromatic heterocycles. The van der Waals surface area contributed by atoms with Crippen LogP contribution in [0.5, 0.6) is 0 Å². The zero-order valence-corrected chi connectivity index (χ0v) is 9.71. The minimum atomic E-state index is 0.497. The van der Waals surface area contributed by atoms with Crippen LogP contribution >= 0.6 is 0 Å². The summed E-state index contributed by atoms with van der Waals surface area (Å²) in [5.74, 6) is 2.15. The number of aromatic amines is 1. The highest BCUT2D eigenvalue weighted by Gasteiger charge is 2.24. The number of nitrogens with zero attached hydrogens (tertiary/aromatic N) is 1. The van der Waals surface area contributed by atoms with Crippen LogP contribution in [-0.4, -0.2) is 9.97 Å². The summed E-state index contributed by atoms with van der Waals surface area (Å²) in [7, 11) is 0. The predicted octanol–water partition coefficient (Wildman–Crippen LogP) is 2.65. The van der Waals surface area contributed by atoms with Crippen molar-refractivity contribution in [3.63, 3.8) is 0 Å². The summed E-state index contributed by atoms with van der Waals surface area (Å²) in [6.45, 7) is 4.93. The Balaban J connectivity index is 2.30. The highest BCUT2D eigenvalue weighted by molar-refractivity contribution is 5.23. The zero-order valence-electron chi connectivity index (χ0n) is 9.71. The second-order valence-corrected chi connectivity index (χ2v) is 4.82. The maximum absolute atomic E-state index is 5.64. The molecule has 0 atom stereocenters. The van der Waals surface area contributed by atoms with Gasteiger partial charge in [-0.05, 0) is 18.8 Å². The smallest absolute Gasteiger partial charge is 0.120 e. The molecule has 3 N–H and O–H groups in total. The summed E-state index contributed by atoms with van der Waals surface area (Å²) in [4.78, 5) is 8.01. The first-order chi connectivity index (χ1) is 7.22. The van der Waals surface area contributed by atoms with E-state index in [9.17, 15) is 0 Å². The molecule has 0 aliphatic heterocycles. The maximum atomic E-state index is 5.64. The molecule has 0 bridgehead atoms. The lowest BCUT2D eigenvalue weighted by molar-refractivity contribution is 0.675. The van der Waals surface area contributed by atoms with Gasteiger partial charge in [-0.25, -0.2) is 4.98 Å². The summed E-state index contributed by atoms with van der Waals surface area (Å²) in [5, 5.41) is 0. The van der Waals surface area contributed by atoms with Crippen LogP contribution in [0, 0.1) is 0 Å². The average molecular weight is 207 g/mol. The van der Waals surface area contributed by atoms with Gasteiger partial charge in [-0.1, -0.05) is 26.7 Å². The third-order valence-electron chi connectivity index (χ3n) is 3.31. The Hall–Kier alpha value is -0.830. The van der Waals surface area contributed by atoms with E-state index in [0.717, 1.165) is 5.82 Å². The zero-order chi connectivity index (χ0) is 10.8. The molecule has 2 rings (SSSR count). The second-order valence-electron chi connectivity index (χ2n) is 4.82. The summed E-state index contributed by atoms with van der Waals surface area (Å²) in [6.07, 6.45) is 5.34. The van der Waals surface area contributed by atoms with E-state index in [-0.39, 0.29) is 0 Å². The lowest BCUT2D eigenvalue weighted by Crippen LogP contribution is -2.00. The van der Waals surface area contributed by atoms with Crippen LogP contribution in [0.15, 0.2) is 0 Å².